The van der Waals surface area contributed by atoms with E-state index >= 15 is 0 Å². The molecule has 1 aliphatic carbocycles. The van der Waals surface area contributed by atoms with E-state index in [2.05, 4.69) is 0 Å². The average Bonchev–Trinajstić information content (AvgIpc) is 2.70. The first-order valence-electron chi connectivity index (χ1n) is 11.4. The van der Waals surface area contributed by atoms with Crippen LogP contribution in [0.4, 0.5) is 17.6 Å². The molecule has 0 aromatic heterocycles. The molecule has 5 heteroatoms. The molecule has 0 radical (unpaired) electrons. The van der Waals surface area contributed by atoms with E-state index in [1.165, 1.54) is 0 Å². The van der Waals surface area contributed by atoms with Crippen molar-refractivity contribution >= 4 is 0 Å². The van der Waals surface area contributed by atoms with Crippen molar-refractivity contribution in [3.63, 3.8) is 0 Å². The second kappa shape index (κ2) is 8.93. The summed E-state index contributed by atoms with van der Waals surface area (Å²) in [5.74, 6) is 0.299. The maximum atomic E-state index is 14.6. The first-order valence-corrected chi connectivity index (χ1v) is 11.4. The molecule has 168 valence electrons. The predicted molar refractivity (Wildman–Crippen MR) is 116 cm³/mol. The van der Waals surface area contributed by atoms with Gasteiger partial charge in [0, 0.05) is 12.1 Å². The first kappa shape index (κ1) is 22.3. The molecule has 4 rings (SSSR count). The fraction of sp³-hybridized carbons (Fsp3) is 0.538. The Balaban J connectivity index is 1.27. The van der Waals surface area contributed by atoms with Crippen LogP contribution in [0.15, 0.2) is 42.5 Å². The summed E-state index contributed by atoms with van der Waals surface area (Å²) in [5, 5.41) is 0. The summed E-state index contributed by atoms with van der Waals surface area (Å²) in [4.78, 5) is 2.01. The highest BCUT2D eigenvalue weighted by atomic mass is 19.4. The third-order valence-corrected chi connectivity index (χ3v) is 7.38. The highest BCUT2D eigenvalue weighted by Crippen LogP contribution is 2.53. The molecule has 1 nitrogen and oxygen atoms in total. The van der Waals surface area contributed by atoms with Gasteiger partial charge in [-0.05, 0) is 81.6 Å². The van der Waals surface area contributed by atoms with E-state index in [4.69, 9.17) is 0 Å². The maximum Gasteiger partial charge on any atom is 0.395 e. The second-order valence-corrected chi connectivity index (χ2v) is 9.57. The molecule has 2 fully saturated rings. The molecular formula is C26H31F4N. The van der Waals surface area contributed by atoms with Crippen LogP contribution < -0.4 is 0 Å². The monoisotopic (exact) mass is 433 g/mol. The average molecular weight is 434 g/mol. The third kappa shape index (κ3) is 4.97. The van der Waals surface area contributed by atoms with E-state index in [1.54, 1.807) is 6.07 Å². The zero-order valence-electron chi connectivity index (χ0n) is 18.1. The van der Waals surface area contributed by atoms with E-state index in [-0.39, 0.29) is 25.2 Å². The third-order valence-electron chi connectivity index (χ3n) is 7.38. The Morgan fingerprint density at radius 1 is 1.00 bits per heavy atom. The molecule has 0 N–H and O–H groups in total. The van der Waals surface area contributed by atoms with Gasteiger partial charge in [0.2, 0.25) is 0 Å². The Bertz CT molecular complexity index is 875. The topological polar surface area (TPSA) is 3.24 Å². The van der Waals surface area contributed by atoms with Crippen LogP contribution in [-0.2, 0) is 6.42 Å². The number of nitrogens with zero attached hydrogens (tertiary/aromatic N) is 1. The largest absolute Gasteiger partial charge is 0.395 e. The summed E-state index contributed by atoms with van der Waals surface area (Å²) in [5.41, 5.74) is 2.17. The summed E-state index contributed by atoms with van der Waals surface area (Å²) < 4.78 is 54.9. The lowest BCUT2D eigenvalue weighted by Gasteiger charge is -2.47. The molecule has 0 unspecified atom stereocenters. The number of rotatable bonds is 6. The van der Waals surface area contributed by atoms with Crippen LogP contribution in [0, 0.1) is 24.1 Å². The van der Waals surface area contributed by atoms with Crippen molar-refractivity contribution in [2.45, 2.75) is 58.0 Å². The highest BCUT2D eigenvalue weighted by Gasteiger charge is 2.58. The van der Waals surface area contributed by atoms with Gasteiger partial charge < -0.3 is 4.90 Å². The Hall–Kier alpha value is -1.88. The Labute approximate surface area is 182 Å². The van der Waals surface area contributed by atoms with Gasteiger partial charge in [0.25, 0.3) is 0 Å². The predicted octanol–water partition coefficient (Wildman–Crippen LogP) is 7.18. The number of benzene rings is 2. The van der Waals surface area contributed by atoms with Gasteiger partial charge in [-0.2, -0.15) is 13.2 Å². The van der Waals surface area contributed by atoms with Crippen LogP contribution in [-0.4, -0.2) is 30.7 Å². The summed E-state index contributed by atoms with van der Waals surface area (Å²) in [6.45, 7) is 3.65. The molecule has 1 saturated carbocycles. The normalized spacial score (nSPS) is 19.9. The van der Waals surface area contributed by atoms with Crippen molar-refractivity contribution in [2.75, 3.05) is 19.6 Å². The van der Waals surface area contributed by atoms with Crippen molar-refractivity contribution in [1.82, 2.24) is 4.90 Å². The lowest BCUT2D eigenvalue weighted by Crippen LogP contribution is -2.53. The molecule has 0 bridgehead atoms. The number of aryl methyl sites for hydroxylation is 2. The van der Waals surface area contributed by atoms with Crippen LogP contribution >= 0.6 is 0 Å². The molecule has 1 heterocycles. The van der Waals surface area contributed by atoms with Gasteiger partial charge >= 0.3 is 6.18 Å². The molecule has 1 saturated heterocycles. The SMILES string of the molecule is Cc1ccc(-c2ccc(CCC3CCN(CC4(C(F)(F)F)CCC4)CC3)cc2F)cc1. The summed E-state index contributed by atoms with van der Waals surface area (Å²) in [6, 6.07) is 13.3. The Kier molecular flexibility index (Phi) is 6.43. The van der Waals surface area contributed by atoms with Gasteiger partial charge in [0.15, 0.2) is 0 Å². The summed E-state index contributed by atoms with van der Waals surface area (Å²) in [7, 11) is 0. The van der Waals surface area contributed by atoms with Crippen LogP contribution in [0.5, 0.6) is 0 Å². The first-order chi connectivity index (χ1) is 14.8. The van der Waals surface area contributed by atoms with Gasteiger partial charge in [0.1, 0.15) is 5.82 Å². The standard InChI is InChI=1S/C26H31F4N/c1-19-3-8-22(9-4-19)23-10-7-21(17-24(23)27)6-5-20-11-15-31(16-12-20)18-25(13-2-14-25)26(28,29)30/h3-4,7-10,17,20H,2,5-6,11-16,18H2,1H3. The minimum absolute atomic E-state index is 0.162. The zero-order chi connectivity index (χ0) is 22.1. The van der Waals surface area contributed by atoms with Gasteiger partial charge in [0.05, 0.1) is 5.41 Å². The quantitative estimate of drug-likeness (QED) is 0.436. The van der Waals surface area contributed by atoms with E-state index in [0.717, 1.165) is 55.5 Å². The van der Waals surface area contributed by atoms with Crippen LogP contribution in [0.3, 0.4) is 0 Å². The minimum Gasteiger partial charge on any atom is -0.302 e. The van der Waals surface area contributed by atoms with Crippen LogP contribution in [0.25, 0.3) is 11.1 Å². The second-order valence-electron chi connectivity index (χ2n) is 9.57. The Morgan fingerprint density at radius 3 is 2.23 bits per heavy atom. The molecule has 2 aromatic rings. The lowest BCUT2D eigenvalue weighted by atomic mass is 9.67. The Morgan fingerprint density at radius 2 is 1.68 bits per heavy atom. The van der Waals surface area contributed by atoms with E-state index in [9.17, 15) is 17.6 Å². The van der Waals surface area contributed by atoms with E-state index < -0.39 is 11.6 Å². The fourth-order valence-electron chi connectivity index (χ4n) is 5.05. The number of hydrogen-bond donors (Lipinski definition) is 0. The lowest BCUT2D eigenvalue weighted by molar-refractivity contribution is -0.256. The van der Waals surface area contributed by atoms with Crippen molar-refractivity contribution in [3.05, 3.63) is 59.4 Å². The van der Waals surface area contributed by atoms with Gasteiger partial charge in [-0.3, -0.25) is 0 Å². The highest BCUT2D eigenvalue weighted by molar-refractivity contribution is 5.64. The van der Waals surface area contributed by atoms with Crippen molar-refractivity contribution in [2.24, 2.45) is 11.3 Å². The zero-order valence-corrected chi connectivity index (χ0v) is 18.1. The van der Waals surface area contributed by atoms with Crippen molar-refractivity contribution in [1.29, 1.82) is 0 Å². The molecule has 2 aliphatic rings. The molecular weight excluding hydrogens is 402 g/mol. The number of hydrogen-bond acceptors (Lipinski definition) is 1. The molecule has 0 amide bonds. The molecule has 1 aliphatic heterocycles. The van der Waals surface area contributed by atoms with Crippen LogP contribution in [0.1, 0.15) is 49.7 Å². The van der Waals surface area contributed by atoms with E-state index in [0.29, 0.717) is 17.9 Å². The van der Waals surface area contributed by atoms with E-state index in [1.807, 2.05) is 48.2 Å². The number of likely N-dealkylation sites (tertiary alicyclic amines) is 1. The fourth-order valence-corrected chi connectivity index (χ4v) is 5.05. The summed E-state index contributed by atoms with van der Waals surface area (Å²) in [6.07, 6.45) is 0.785. The minimum atomic E-state index is -4.09. The number of alkyl halides is 3. The van der Waals surface area contributed by atoms with Gasteiger partial charge in [-0.1, -0.05) is 48.4 Å². The summed E-state index contributed by atoms with van der Waals surface area (Å²) >= 11 is 0. The number of piperidine rings is 1. The molecule has 31 heavy (non-hydrogen) atoms. The molecule has 0 spiro atoms. The molecule has 2 aromatic carbocycles. The molecule has 0 atom stereocenters. The van der Waals surface area contributed by atoms with Gasteiger partial charge in [-0.15, -0.1) is 0 Å². The van der Waals surface area contributed by atoms with Crippen LogP contribution in [0.2, 0.25) is 0 Å². The van der Waals surface area contributed by atoms with Crippen molar-refractivity contribution in [3.8, 4) is 11.1 Å². The maximum absolute atomic E-state index is 14.6. The van der Waals surface area contributed by atoms with Gasteiger partial charge in [-0.25, -0.2) is 4.39 Å². The smallest absolute Gasteiger partial charge is 0.302 e. The number of halogens is 4. The van der Waals surface area contributed by atoms with Crippen molar-refractivity contribution < 1.29 is 17.6 Å².